The van der Waals surface area contributed by atoms with E-state index in [1.807, 2.05) is 0 Å². The quantitative estimate of drug-likeness (QED) is 0.660. The molecule has 2 N–H and O–H groups in total. The van der Waals surface area contributed by atoms with Crippen molar-refractivity contribution in [3.63, 3.8) is 0 Å². The standard InChI is InChI=1S/C16H26F3NO3/c1-6-12(16(17,18)19)11(7-9(2)3)14(21)20-13(15(22)23)8-10(4)5/h9-10,13H,6-8H2,1-5H3,(H,20,21)(H,22,23)/b12-11+. The van der Waals surface area contributed by atoms with Crippen molar-refractivity contribution in [2.45, 2.75) is 66.1 Å². The first-order valence-electron chi connectivity index (χ1n) is 7.72. The lowest BCUT2D eigenvalue weighted by atomic mass is 9.94. The number of allylic oxidation sites excluding steroid dienone is 1. The summed E-state index contributed by atoms with van der Waals surface area (Å²) in [5, 5.41) is 11.4. The fourth-order valence-electron chi connectivity index (χ4n) is 2.28. The molecule has 0 radical (unpaired) electrons. The number of carboxylic acid groups (broad SMARTS) is 1. The highest BCUT2D eigenvalue weighted by molar-refractivity contribution is 5.96. The Morgan fingerprint density at radius 1 is 1.09 bits per heavy atom. The maximum atomic E-state index is 13.1. The molecular weight excluding hydrogens is 311 g/mol. The van der Waals surface area contributed by atoms with E-state index in [4.69, 9.17) is 5.11 Å². The Kier molecular flexibility index (Phi) is 8.34. The molecule has 0 aliphatic carbocycles. The Balaban J connectivity index is 5.61. The molecule has 1 amide bonds. The number of carbonyl (C=O) groups excluding carboxylic acids is 1. The Hall–Kier alpha value is -1.53. The summed E-state index contributed by atoms with van der Waals surface area (Å²) in [4.78, 5) is 23.5. The average molecular weight is 337 g/mol. The molecule has 4 nitrogen and oxygen atoms in total. The van der Waals surface area contributed by atoms with Gasteiger partial charge in [0.05, 0.1) is 0 Å². The SMILES string of the molecule is CC/C(=C(/CC(C)C)C(=O)NC(CC(C)C)C(=O)O)C(F)(F)F. The van der Waals surface area contributed by atoms with Gasteiger partial charge >= 0.3 is 12.1 Å². The fourth-order valence-corrected chi connectivity index (χ4v) is 2.28. The van der Waals surface area contributed by atoms with E-state index in [0.717, 1.165) is 0 Å². The number of halogens is 3. The van der Waals surface area contributed by atoms with Gasteiger partial charge in [-0.15, -0.1) is 0 Å². The van der Waals surface area contributed by atoms with E-state index in [9.17, 15) is 22.8 Å². The zero-order valence-corrected chi connectivity index (χ0v) is 14.3. The van der Waals surface area contributed by atoms with Gasteiger partial charge in [0.15, 0.2) is 0 Å². The summed E-state index contributed by atoms with van der Waals surface area (Å²) in [7, 11) is 0. The van der Waals surface area contributed by atoms with Gasteiger partial charge in [-0.3, -0.25) is 4.79 Å². The highest BCUT2D eigenvalue weighted by atomic mass is 19.4. The second-order valence-electron chi connectivity index (χ2n) is 6.40. The highest BCUT2D eigenvalue weighted by Crippen LogP contribution is 2.33. The molecule has 0 aliphatic heterocycles. The van der Waals surface area contributed by atoms with Gasteiger partial charge in [-0.1, -0.05) is 34.6 Å². The molecule has 0 aromatic carbocycles. The Labute approximate surface area is 135 Å². The molecule has 0 aliphatic rings. The maximum Gasteiger partial charge on any atom is 0.413 e. The number of alkyl halides is 3. The number of amides is 1. The smallest absolute Gasteiger partial charge is 0.413 e. The van der Waals surface area contributed by atoms with Crippen LogP contribution in [0.4, 0.5) is 13.2 Å². The minimum absolute atomic E-state index is 0.0119. The van der Waals surface area contributed by atoms with E-state index in [-0.39, 0.29) is 36.7 Å². The van der Waals surface area contributed by atoms with Crippen molar-refractivity contribution in [2.24, 2.45) is 11.8 Å². The lowest BCUT2D eigenvalue weighted by molar-refractivity contribution is -0.141. The summed E-state index contributed by atoms with van der Waals surface area (Å²) in [5.74, 6) is -2.36. The summed E-state index contributed by atoms with van der Waals surface area (Å²) in [6, 6.07) is -1.20. The average Bonchev–Trinajstić information content (AvgIpc) is 2.34. The minimum atomic E-state index is -4.60. The molecule has 0 saturated carbocycles. The van der Waals surface area contributed by atoms with E-state index < -0.39 is 29.7 Å². The summed E-state index contributed by atoms with van der Waals surface area (Å²) >= 11 is 0. The van der Waals surface area contributed by atoms with Crippen LogP contribution >= 0.6 is 0 Å². The van der Waals surface area contributed by atoms with Crippen molar-refractivity contribution in [1.29, 1.82) is 0 Å². The van der Waals surface area contributed by atoms with Gasteiger partial charge in [-0.05, 0) is 31.1 Å². The van der Waals surface area contributed by atoms with E-state index in [1.54, 1.807) is 27.7 Å². The van der Waals surface area contributed by atoms with Crippen molar-refractivity contribution < 1.29 is 27.9 Å². The first-order valence-corrected chi connectivity index (χ1v) is 7.72. The second-order valence-corrected chi connectivity index (χ2v) is 6.40. The second kappa shape index (κ2) is 8.93. The lowest BCUT2D eigenvalue weighted by Gasteiger charge is -2.21. The van der Waals surface area contributed by atoms with Crippen molar-refractivity contribution >= 4 is 11.9 Å². The zero-order chi connectivity index (χ0) is 18.4. The van der Waals surface area contributed by atoms with Crippen LogP contribution in [0.25, 0.3) is 0 Å². The molecule has 0 rings (SSSR count). The van der Waals surface area contributed by atoms with E-state index >= 15 is 0 Å². The van der Waals surface area contributed by atoms with E-state index in [2.05, 4.69) is 5.32 Å². The fraction of sp³-hybridized carbons (Fsp3) is 0.750. The molecule has 0 aromatic heterocycles. The lowest BCUT2D eigenvalue weighted by Crippen LogP contribution is -2.43. The van der Waals surface area contributed by atoms with Crippen molar-refractivity contribution in [3.8, 4) is 0 Å². The van der Waals surface area contributed by atoms with Crippen LogP contribution in [0.5, 0.6) is 0 Å². The Morgan fingerprint density at radius 2 is 1.61 bits per heavy atom. The third-order valence-corrected chi connectivity index (χ3v) is 3.26. The number of hydrogen-bond acceptors (Lipinski definition) is 2. The van der Waals surface area contributed by atoms with E-state index in [0.29, 0.717) is 0 Å². The van der Waals surface area contributed by atoms with Crippen LogP contribution in [0.1, 0.15) is 53.9 Å². The highest BCUT2D eigenvalue weighted by Gasteiger charge is 2.37. The van der Waals surface area contributed by atoms with Crippen LogP contribution < -0.4 is 5.32 Å². The Bertz CT molecular complexity index is 454. The van der Waals surface area contributed by atoms with Crippen molar-refractivity contribution in [2.75, 3.05) is 0 Å². The van der Waals surface area contributed by atoms with Gasteiger partial charge in [-0.25, -0.2) is 4.79 Å². The molecule has 1 unspecified atom stereocenters. The van der Waals surface area contributed by atoms with Crippen LogP contribution in [-0.2, 0) is 9.59 Å². The molecule has 1 atom stereocenters. The maximum absolute atomic E-state index is 13.1. The van der Waals surface area contributed by atoms with Crippen molar-refractivity contribution in [1.82, 2.24) is 5.32 Å². The number of nitrogens with one attached hydrogen (secondary N) is 1. The summed E-state index contributed by atoms with van der Waals surface area (Å²) in [5.41, 5.74) is -1.26. The summed E-state index contributed by atoms with van der Waals surface area (Å²) in [6.07, 6.45) is -4.83. The molecule has 23 heavy (non-hydrogen) atoms. The molecule has 0 spiro atoms. The predicted octanol–water partition coefficient (Wildman–Crippen LogP) is 3.92. The topological polar surface area (TPSA) is 66.4 Å². The molecule has 0 heterocycles. The molecule has 0 bridgehead atoms. The molecule has 134 valence electrons. The normalized spacial score (nSPS) is 14.7. The molecule has 7 heteroatoms. The van der Waals surface area contributed by atoms with Gasteiger partial charge in [0.2, 0.25) is 5.91 Å². The first-order chi connectivity index (χ1) is 10.4. The third-order valence-electron chi connectivity index (χ3n) is 3.26. The number of carboxylic acids is 1. The number of aliphatic carboxylic acids is 1. The Morgan fingerprint density at radius 3 is 1.91 bits per heavy atom. The number of rotatable bonds is 8. The van der Waals surface area contributed by atoms with Crippen molar-refractivity contribution in [3.05, 3.63) is 11.1 Å². The third kappa shape index (κ3) is 7.52. The summed E-state index contributed by atoms with van der Waals surface area (Å²) < 4.78 is 39.4. The molecular formula is C16H26F3NO3. The van der Waals surface area contributed by atoms with Crippen LogP contribution in [0.15, 0.2) is 11.1 Å². The van der Waals surface area contributed by atoms with Crippen LogP contribution in [0.2, 0.25) is 0 Å². The monoisotopic (exact) mass is 337 g/mol. The van der Waals surface area contributed by atoms with Gasteiger partial charge in [0.25, 0.3) is 0 Å². The number of hydrogen-bond donors (Lipinski definition) is 2. The van der Waals surface area contributed by atoms with Crippen LogP contribution in [0, 0.1) is 11.8 Å². The largest absolute Gasteiger partial charge is 0.480 e. The summed E-state index contributed by atoms with van der Waals surface area (Å²) in [6.45, 7) is 8.30. The molecule has 0 aromatic rings. The predicted molar refractivity (Wildman–Crippen MR) is 81.8 cm³/mol. The van der Waals surface area contributed by atoms with Crippen LogP contribution in [0.3, 0.4) is 0 Å². The van der Waals surface area contributed by atoms with E-state index in [1.165, 1.54) is 6.92 Å². The van der Waals surface area contributed by atoms with Crippen LogP contribution in [-0.4, -0.2) is 29.2 Å². The minimum Gasteiger partial charge on any atom is -0.480 e. The van der Waals surface area contributed by atoms with Gasteiger partial charge in [0, 0.05) is 11.1 Å². The zero-order valence-electron chi connectivity index (χ0n) is 14.3. The van der Waals surface area contributed by atoms with Gasteiger partial charge in [0.1, 0.15) is 6.04 Å². The molecule has 0 fully saturated rings. The molecule has 0 saturated heterocycles. The first kappa shape index (κ1) is 21.5. The van der Waals surface area contributed by atoms with Gasteiger partial charge < -0.3 is 10.4 Å². The number of carbonyl (C=O) groups is 2. The van der Waals surface area contributed by atoms with Gasteiger partial charge in [-0.2, -0.15) is 13.2 Å².